The van der Waals surface area contributed by atoms with Crippen molar-refractivity contribution in [3.8, 4) is 11.1 Å². The molecular formula is C32H28INO2. The maximum absolute atomic E-state index is 12.3. The third-order valence-corrected chi connectivity index (χ3v) is 8.75. The number of ether oxygens (including phenoxy) is 1. The van der Waals surface area contributed by atoms with Crippen molar-refractivity contribution < 1.29 is 9.53 Å². The Hall–Kier alpha value is -2.96. The van der Waals surface area contributed by atoms with Gasteiger partial charge in [-0.05, 0) is 39.8 Å². The average Bonchev–Trinajstić information content (AvgIpc) is 3.37. The monoisotopic (exact) mass is 585 g/mol. The molecule has 6 rings (SSSR count). The van der Waals surface area contributed by atoms with Gasteiger partial charge in [-0.2, -0.15) is 0 Å². The third kappa shape index (κ3) is 3.70. The summed E-state index contributed by atoms with van der Waals surface area (Å²) in [5.74, 6) is -0.220. The molecule has 4 aromatic rings. The lowest BCUT2D eigenvalue weighted by molar-refractivity contribution is -0.147. The molecular weight excluding hydrogens is 557 g/mol. The van der Waals surface area contributed by atoms with E-state index in [2.05, 4.69) is 137 Å². The molecule has 0 unspecified atom stereocenters. The standard InChI is InChI=1S/C32H28INO2/c1-22(35)36-31-29(33)21-34(30(31)20-23-12-4-2-5-13-23)32(24-14-6-3-7-15-24)27-18-10-8-16-25(27)26-17-9-11-19-28(26)32/h2-19,29-31H,20-21H2,1H3/t29-,30-,31-/m0/s1. The van der Waals surface area contributed by atoms with E-state index in [1.165, 1.54) is 40.3 Å². The van der Waals surface area contributed by atoms with Crippen molar-refractivity contribution in [2.75, 3.05) is 6.54 Å². The number of alkyl halides is 1. The van der Waals surface area contributed by atoms with Gasteiger partial charge in [0.05, 0.1) is 15.5 Å². The molecule has 0 amide bonds. The lowest BCUT2D eigenvalue weighted by atomic mass is 9.78. The number of fused-ring (bicyclic) bond motifs is 3. The van der Waals surface area contributed by atoms with Crippen molar-refractivity contribution >= 4 is 28.6 Å². The number of hydrogen-bond donors (Lipinski definition) is 0. The molecule has 36 heavy (non-hydrogen) atoms. The highest BCUT2D eigenvalue weighted by Gasteiger charge is 2.56. The maximum atomic E-state index is 12.3. The van der Waals surface area contributed by atoms with Crippen LogP contribution in [0.4, 0.5) is 0 Å². The van der Waals surface area contributed by atoms with Gasteiger partial charge < -0.3 is 4.74 Å². The summed E-state index contributed by atoms with van der Waals surface area (Å²) in [7, 11) is 0. The highest BCUT2D eigenvalue weighted by molar-refractivity contribution is 14.1. The molecule has 180 valence electrons. The summed E-state index contributed by atoms with van der Waals surface area (Å²) in [4.78, 5) is 14.9. The van der Waals surface area contributed by atoms with E-state index in [-0.39, 0.29) is 22.0 Å². The minimum Gasteiger partial charge on any atom is -0.460 e. The van der Waals surface area contributed by atoms with E-state index in [0.717, 1.165) is 13.0 Å². The van der Waals surface area contributed by atoms with Crippen LogP contribution in [-0.4, -0.2) is 33.5 Å². The Labute approximate surface area is 226 Å². The van der Waals surface area contributed by atoms with Crippen LogP contribution < -0.4 is 0 Å². The van der Waals surface area contributed by atoms with Gasteiger partial charge in [0.2, 0.25) is 0 Å². The van der Waals surface area contributed by atoms with Gasteiger partial charge in [-0.1, -0.05) is 132 Å². The Bertz CT molecular complexity index is 1340. The minimum atomic E-state index is -0.480. The van der Waals surface area contributed by atoms with Crippen molar-refractivity contribution in [1.82, 2.24) is 4.90 Å². The van der Waals surface area contributed by atoms with Gasteiger partial charge >= 0.3 is 5.97 Å². The molecule has 1 heterocycles. The second-order valence-electron chi connectivity index (χ2n) is 9.67. The molecule has 1 fully saturated rings. The predicted molar refractivity (Wildman–Crippen MR) is 152 cm³/mol. The van der Waals surface area contributed by atoms with Gasteiger partial charge in [-0.3, -0.25) is 9.69 Å². The highest BCUT2D eigenvalue weighted by Crippen LogP contribution is 2.56. The molecule has 1 saturated heterocycles. The van der Waals surface area contributed by atoms with E-state index in [1.54, 1.807) is 0 Å². The summed E-state index contributed by atoms with van der Waals surface area (Å²) < 4.78 is 6.23. The molecule has 0 bridgehead atoms. The molecule has 0 saturated carbocycles. The molecule has 0 aromatic heterocycles. The third-order valence-electron chi connectivity index (χ3n) is 7.64. The van der Waals surface area contributed by atoms with E-state index >= 15 is 0 Å². The zero-order valence-corrected chi connectivity index (χ0v) is 22.3. The van der Waals surface area contributed by atoms with Crippen LogP contribution in [0.15, 0.2) is 109 Å². The molecule has 1 aliphatic carbocycles. The van der Waals surface area contributed by atoms with Crippen LogP contribution in [0.25, 0.3) is 11.1 Å². The number of esters is 1. The van der Waals surface area contributed by atoms with E-state index in [1.807, 2.05) is 0 Å². The van der Waals surface area contributed by atoms with Crippen molar-refractivity contribution in [1.29, 1.82) is 0 Å². The number of carbonyl (C=O) groups excluding carboxylic acids is 1. The Morgan fingerprint density at radius 1 is 0.833 bits per heavy atom. The fourth-order valence-corrected chi connectivity index (χ4v) is 7.39. The summed E-state index contributed by atoms with van der Waals surface area (Å²) in [5, 5.41) is 0. The lowest BCUT2D eigenvalue weighted by Crippen LogP contribution is -2.52. The summed E-state index contributed by atoms with van der Waals surface area (Å²) in [6, 6.07) is 39.0. The molecule has 1 aliphatic heterocycles. The molecule has 4 aromatic carbocycles. The Balaban J connectivity index is 1.61. The first-order valence-electron chi connectivity index (χ1n) is 12.5. The van der Waals surface area contributed by atoms with Crippen molar-refractivity contribution in [3.05, 3.63) is 131 Å². The Morgan fingerprint density at radius 2 is 1.36 bits per heavy atom. The first kappa shape index (κ1) is 23.4. The topological polar surface area (TPSA) is 29.5 Å². The molecule has 3 atom stereocenters. The summed E-state index contributed by atoms with van der Waals surface area (Å²) in [5.41, 5.74) is 7.15. The number of likely N-dealkylation sites (tertiary alicyclic amines) is 1. The molecule has 0 spiro atoms. The van der Waals surface area contributed by atoms with Crippen LogP contribution in [0.1, 0.15) is 29.2 Å². The molecule has 0 N–H and O–H groups in total. The van der Waals surface area contributed by atoms with Crippen LogP contribution in [-0.2, 0) is 21.5 Å². The second-order valence-corrected chi connectivity index (χ2v) is 11.3. The summed E-state index contributed by atoms with van der Waals surface area (Å²) in [6.07, 6.45) is 0.598. The van der Waals surface area contributed by atoms with Gasteiger partial charge in [0.25, 0.3) is 0 Å². The van der Waals surface area contributed by atoms with Crippen molar-refractivity contribution in [2.24, 2.45) is 0 Å². The van der Waals surface area contributed by atoms with E-state index in [4.69, 9.17) is 4.74 Å². The number of benzene rings is 4. The van der Waals surface area contributed by atoms with Crippen LogP contribution in [0, 0.1) is 0 Å². The van der Waals surface area contributed by atoms with Crippen LogP contribution >= 0.6 is 22.6 Å². The Kier molecular flexibility index (Phi) is 6.18. The molecule has 3 nitrogen and oxygen atoms in total. The number of rotatable bonds is 5. The van der Waals surface area contributed by atoms with Gasteiger partial charge in [-0.15, -0.1) is 0 Å². The SMILES string of the molecule is CC(=O)O[C@H]1[C@@H](I)CN(C2(c3ccccc3)c3ccccc3-c3ccccc32)[C@H]1Cc1ccccc1. The number of carbonyl (C=O) groups is 1. The molecule has 0 radical (unpaired) electrons. The second kappa shape index (κ2) is 9.49. The zero-order chi connectivity index (χ0) is 24.7. The van der Waals surface area contributed by atoms with Crippen LogP contribution in [0.5, 0.6) is 0 Å². The molecule has 4 heteroatoms. The first-order chi connectivity index (χ1) is 17.6. The largest absolute Gasteiger partial charge is 0.460 e. The summed E-state index contributed by atoms with van der Waals surface area (Å²) >= 11 is 2.49. The zero-order valence-electron chi connectivity index (χ0n) is 20.2. The lowest BCUT2D eigenvalue weighted by Gasteiger charge is -2.45. The normalized spacial score (nSPS) is 22.1. The van der Waals surface area contributed by atoms with E-state index < -0.39 is 5.54 Å². The summed E-state index contributed by atoms with van der Waals surface area (Å²) in [6.45, 7) is 2.34. The van der Waals surface area contributed by atoms with E-state index in [0.29, 0.717) is 0 Å². The van der Waals surface area contributed by atoms with Gasteiger partial charge in [0.1, 0.15) is 6.10 Å². The van der Waals surface area contributed by atoms with Crippen LogP contribution in [0.3, 0.4) is 0 Å². The van der Waals surface area contributed by atoms with Crippen molar-refractivity contribution in [3.63, 3.8) is 0 Å². The number of halogens is 1. The highest BCUT2D eigenvalue weighted by atomic mass is 127. The van der Waals surface area contributed by atoms with Gasteiger partial charge in [0.15, 0.2) is 0 Å². The number of hydrogen-bond acceptors (Lipinski definition) is 3. The fourth-order valence-electron chi connectivity index (χ4n) is 6.33. The van der Waals surface area contributed by atoms with Crippen molar-refractivity contribution in [2.45, 2.75) is 35.0 Å². The fraction of sp³-hybridized carbons (Fsp3) is 0.219. The maximum Gasteiger partial charge on any atom is 0.302 e. The quantitative estimate of drug-likeness (QED) is 0.150. The first-order valence-corrected chi connectivity index (χ1v) is 13.7. The predicted octanol–water partition coefficient (Wildman–Crippen LogP) is 6.62. The van der Waals surface area contributed by atoms with E-state index in [9.17, 15) is 4.79 Å². The van der Waals surface area contributed by atoms with Gasteiger partial charge in [0, 0.05) is 13.5 Å². The Morgan fingerprint density at radius 3 is 1.94 bits per heavy atom. The smallest absolute Gasteiger partial charge is 0.302 e. The van der Waals surface area contributed by atoms with Gasteiger partial charge in [-0.25, -0.2) is 0 Å². The van der Waals surface area contributed by atoms with Crippen LogP contribution in [0.2, 0.25) is 0 Å². The molecule has 2 aliphatic rings. The number of nitrogens with zero attached hydrogens (tertiary/aromatic N) is 1. The average molecular weight is 585 g/mol. The minimum absolute atomic E-state index is 0.0117.